The van der Waals surface area contributed by atoms with Crippen LogP contribution in [-0.2, 0) is 0 Å². The van der Waals surface area contributed by atoms with Crippen LogP contribution >= 0.6 is 0 Å². The Hall–Kier alpha value is -5.66. The van der Waals surface area contributed by atoms with Gasteiger partial charge in [-0.15, -0.1) is 0 Å². The molecule has 0 saturated carbocycles. The Morgan fingerprint density at radius 2 is 1.07 bits per heavy atom. The second-order valence-corrected chi connectivity index (χ2v) is 11.2. The molecular formula is C43H30O. The van der Waals surface area contributed by atoms with Gasteiger partial charge in [-0.25, -0.2) is 0 Å². The van der Waals surface area contributed by atoms with Crippen molar-refractivity contribution < 1.29 is 4.42 Å². The lowest BCUT2D eigenvalue weighted by Crippen LogP contribution is -1.91. The Morgan fingerprint density at radius 3 is 1.70 bits per heavy atom. The molecule has 0 aliphatic carbocycles. The van der Waals surface area contributed by atoms with Crippen molar-refractivity contribution in [1.82, 2.24) is 0 Å². The Labute approximate surface area is 257 Å². The molecule has 0 radical (unpaired) electrons. The number of hydrogen-bond donors (Lipinski definition) is 0. The second-order valence-electron chi connectivity index (χ2n) is 11.2. The fraction of sp³-hybridized carbons (Fsp3) is 0.0233. The molecule has 0 spiro atoms. The van der Waals surface area contributed by atoms with E-state index in [4.69, 9.17) is 4.42 Å². The standard InChI is InChI=1S/C43H30O/c1-3-13-33-28(4-2)22-25-39-43(33)37-24-21-32(27-40(37)44-39)31-20-23-36-38(26-31)42(30-16-9-6-10-17-30)35-19-12-11-18-34(35)41(36)29-14-7-5-8-15-29/h3-27H,2H2,1H3/b13-3-. The molecule has 0 aliphatic heterocycles. The summed E-state index contributed by atoms with van der Waals surface area (Å²) >= 11 is 0. The van der Waals surface area contributed by atoms with Crippen molar-refractivity contribution in [2.75, 3.05) is 0 Å². The van der Waals surface area contributed by atoms with Gasteiger partial charge in [0, 0.05) is 10.8 Å². The molecule has 1 nitrogen and oxygen atoms in total. The predicted molar refractivity (Wildman–Crippen MR) is 190 cm³/mol. The molecule has 44 heavy (non-hydrogen) atoms. The number of rotatable bonds is 5. The maximum atomic E-state index is 6.45. The summed E-state index contributed by atoms with van der Waals surface area (Å²) in [4.78, 5) is 0. The van der Waals surface area contributed by atoms with E-state index in [0.29, 0.717) is 0 Å². The van der Waals surface area contributed by atoms with Gasteiger partial charge < -0.3 is 4.42 Å². The number of fused-ring (bicyclic) bond motifs is 5. The van der Waals surface area contributed by atoms with Crippen molar-refractivity contribution in [2.24, 2.45) is 0 Å². The van der Waals surface area contributed by atoms with Crippen molar-refractivity contribution in [3.8, 4) is 33.4 Å². The van der Waals surface area contributed by atoms with Crippen molar-refractivity contribution in [1.29, 1.82) is 0 Å². The highest BCUT2D eigenvalue weighted by Gasteiger charge is 2.18. The maximum absolute atomic E-state index is 6.45. The zero-order chi connectivity index (χ0) is 29.6. The minimum Gasteiger partial charge on any atom is -0.456 e. The molecule has 1 aromatic heterocycles. The van der Waals surface area contributed by atoms with Crippen LogP contribution in [0.4, 0.5) is 0 Å². The van der Waals surface area contributed by atoms with Crippen molar-refractivity contribution >= 4 is 55.6 Å². The van der Waals surface area contributed by atoms with Gasteiger partial charge in [-0.05, 0) is 97.2 Å². The SMILES string of the molecule is C=Cc1ccc2oc3cc(-c4ccc5c(-c6ccccc6)c6ccccc6c(-c6ccccc6)c5c4)ccc3c2c1/C=C\C. The van der Waals surface area contributed by atoms with E-state index < -0.39 is 0 Å². The average molecular weight is 563 g/mol. The van der Waals surface area contributed by atoms with Crippen LogP contribution in [0.15, 0.2) is 151 Å². The predicted octanol–water partition coefficient (Wildman–Crippen LogP) is 12.6. The molecule has 0 saturated heterocycles. The number of hydrogen-bond acceptors (Lipinski definition) is 1. The highest BCUT2D eigenvalue weighted by molar-refractivity contribution is 6.22. The summed E-state index contributed by atoms with van der Waals surface area (Å²) in [6.07, 6.45) is 6.13. The van der Waals surface area contributed by atoms with Gasteiger partial charge in [0.05, 0.1) is 0 Å². The lowest BCUT2D eigenvalue weighted by Gasteiger charge is -2.18. The average Bonchev–Trinajstić information content (AvgIpc) is 3.46. The molecule has 208 valence electrons. The van der Waals surface area contributed by atoms with Crippen molar-refractivity contribution in [2.45, 2.75) is 6.92 Å². The van der Waals surface area contributed by atoms with Crippen LogP contribution in [0.3, 0.4) is 0 Å². The van der Waals surface area contributed by atoms with Gasteiger partial charge in [0.1, 0.15) is 11.2 Å². The lowest BCUT2D eigenvalue weighted by atomic mass is 9.85. The summed E-state index contributed by atoms with van der Waals surface area (Å²) in [5.41, 5.74) is 11.3. The molecule has 0 atom stereocenters. The number of benzene rings is 7. The topological polar surface area (TPSA) is 13.1 Å². The molecule has 8 rings (SSSR count). The first-order valence-electron chi connectivity index (χ1n) is 15.1. The molecule has 0 fully saturated rings. The molecule has 0 bridgehead atoms. The Morgan fingerprint density at radius 1 is 0.500 bits per heavy atom. The van der Waals surface area contributed by atoms with Crippen LogP contribution in [0.2, 0.25) is 0 Å². The molecule has 1 heteroatoms. The van der Waals surface area contributed by atoms with Crippen LogP contribution in [0.5, 0.6) is 0 Å². The third-order valence-electron chi connectivity index (χ3n) is 8.75. The quantitative estimate of drug-likeness (QED) is 0.190. The van der Waals surface area contributed by atoms with E-state index in [1.165, 1.54) is 43.8 Å². The molecule has 0 unspecified atom stereocenters. The van der Waals surface area contributed by atoms with Crippen molar-refractivity contribution in [3.05, 3.63) is 157 Å². The van der Waals surface area contributed by atoms with Gasteiger partial charge >= 0.3 is 0 Å². The summed E-state index contributed by atoms with van der Waals surface area (Å²) in [6.45, 7) is 6.08. The van der Waals surface area contributed by atoms with E-state index in [1.807, 2.05) is 13.0 Å². The van der Waals surface area contributed by atoms with E-state index >= 15 is 0 Å². The minimum absolute atomic E-state index is 0.885. The summed E-state index contributed by atoms with van der Waals surface area (Å²) in [7, 11) is 0. The van der Waals surface area contributed by atoms with Gasteiger partial charge in [-0.1, -0.05) is 134 Å². The minimum atomic E-state index is 0.885. The van der Waals surface area contributed by atoms with Crippen molar-refractivity contribution in [3.63, 3.8) is 0 Å². The van der Waals surface area contributed by atoms with Gasteiger partial charge in [0.15, 0.2) is 0 Å². The van der Waals surface area contributed by atoms with E-state index in [9.17, 15) is 0 Å². The first-order chi connectivity index (χ1) is 21.7. The van der Waals surface area contributed by atoms with E-state index in [-0.39, 0.29) is 0 Å². The molecule has 1 heterocycles. The monoisotopic (exact) mass is 562 g/mol. The summed E-state index contributed by atoms with van der Waals surface area (Å²) in [5.74, 6) is 0. The summed E-state index contributed by atoms with van der Waals surface area (Å²) < 4.78 is 6.45. The first kappa shape index (κ1) is 26.0. The molecule has 0 N–H and O–H groups in total. The van der Waals surface area contributed by atoms with Crippen LogP contribution in [0.1, 0.15) is 18.1 Å². The van der Waals surface area contributed by atoms with E-state index in [1.54, 1.807) is 0 Å². The fourth-order valence-corrected chi connectivity index (χ4v) is 6.80. The number of furan rings is 1. The van der Waals surface area contributed by atoms with Crippen LogP contribution in [-0.4, -0.2) is 0 Å². The van der Waals surface area contributed by atoms with Gasteiger partial charge in [-0.2, -0.15) is 0 Å². The zero-order valence-corrected chi connectivity index (χ0v) is 24.5. The normalized spacial score (nSPS) is 11.8. The Bertz CT molecular complexity index is 2390. The molecule has 0 aliphatic rings. The number of allylic oxidation sites excluding steroid dienone is 1. The van der Waals surface area contributed by atoms with Crippen LogP contribution in [0, 0.1) is 0 Å². The second kappa shape index (κ2) is 10.6. The van der Waals surface area contributed by atoms with Gasteiger partial charge in [0.2, 0.25) is 0 Å². The van der Waals surface area contributed by atoms with Crippen LogP contribution in [0.25, 0.3) is 89.0 Å². The van der Waals surface area contributed by atoms with Gasteiger partial charge in [-0.3, -0.25) is 0 Å². The largest absolute Gasteiger partial charge is 0.456 e. The van der Waals surface area contributed by atoms with Crippen LogP contribution < -0.4 is 0 Å². The summed E-state index contributed by atoms with van der Waals surface area (Å²) in [5, 5.41) is 7.24. The Balaban J connectivity index is 1.41. The van der Waals surface area contributed by atoms with E-state index in [0.717, 1.165) is 44.2 Å². The fourth-order valence-electron chi connectivity index (χ4n) is 6.80. The summed E-state index contributed by atoms with van der Waals surface area (Å²) in [6, 6.07) is 48.0. The molecule has 8 aromatic rings. The Kier molecular flexibility index (Phi) is 6.24. The lowest BCUT2D eigenvalue weighted by molar-refractivity contribution is 0.669. The maximum Gasteiger partial charge on any atom is 0.136 e. The third-order valence-corrected chi connectivity index (χ3v) is 8.75. The third kappa shape index (κ3) is 4.09. The van der Waals surface area contributed by atoms with Gasteiger partial charge in [0.25, 0.3) is 0 Å². The molecular weight excluding hydrogens is 532 g/mol. The smallest absolute Gasteiger partial charge is 0.136 e. The highest BCUT2D eigenvalue weighted by Crippen LogP contribution is 2.45. The van der Waals surface area contributed by atoms with E-state index in [2.05, 4.69) is 152 Å². The zero-order valence-electron chi connectivity index (χ0n) is 24.5. The highest BCUT2D eigenvalue weighted by atomic mass is 16.3. The first-order valence-corrected chi connectivity index (χ1v) is 15.1. The molecule has 0 amide bonds. The molecule has 7 aromatic carbocycles.